The van der Waals surface area contributed by atoms with Gasteiger partial charge in [0, 0.05) is 57.8 Å². The molecule has 3 heterocycles. The number of para-hydroxylation sites is 1. The number of morpholine rings is 1. The van der Waals surface area contributed by atoms with Gasteiger partial charge in [0.2, 0.25) is 5.91 Å². The molecule has 0 radical (unpaired) electrons. The topological polar surface area (TPSA) is 79.6 Å². The van der Waals surface area contributed by atoms with Crippen LogP contribution in [-0.2, 0) is 21.4 Å². The minimum atomic E-state index is -0.317. The van der Waals surface area contributed by atoms with Crippen molar-refractivity contribution in [1.29, 1.82) is 0 Å². The standard InChI is InChI=1S/C29H41N5O4/c1-29(2,3)20-27(35)33(14-13-32-15-17-38-18-16-32)21-28(36)34-25(22-9-6-7-11-26(22)37-5)19-23(30-34)24-10-8-12-31(24)4/h6-12,25H,13-21H2,1-5H3/t25-/m0/s1. The van der Waals surface area contributed by atoms with E-state index in [1.54, 1.807) is 17.0 Å². The number of hydrazone groups is 1. The Bertz CT molecular complexity index is 1150. The third-order valence-electron chi connectivity index (χ3n) is 7.05. The van der Waals surface area contributed by atoms with E-state index in [1.807, 2.05) is 75.0 Å². The van der Waals surface area contributed by atoms with Crippen molar-refractivity contribution in [2.45, 2.75) is 39.7 Å². The summed E-state index contributed by atoms with van der Waals surface area (Å²) < 4.78 is 13.1. The third kappa shape index (κ3) is 6.82. The second-order valence-electron chi connectivity index (χ2n) is 11.3. The van der Waals surface area contributed by atoms with Gasteiger partial charge in [0.05, 0.1) is 37.8 Å². The van der Waals surface area contributed by atoms with Gasteiger partial charge in [0.1, 0.15) is 12.3 Å². The van der Waals surface area contributed by atoms with Crippen LogP contribution in [0.1, 0.15) is 50.9 Å². The second-order valence-corrected chi connectivity index (χ2v) is 11.3. The van der Waals surface area contributed by atoms with Crippen LogP contribution in [0.5, 0.6) is 5.75 Å². The average Bonchev–Trinajstić information content (AvgIpc) is 3.52. The Morgan fingerprint density at radius 3 is 2.53 bits per heavy atom. The molecule has 9 heteroatoms. The van der Waals surface area contributed by atoms with Crippen LogP contribution >= 0.6 is 0 Å². The highest BCUT2D eigenvalue weighted by atomic mass is 16.5. The summed E-state index contributed by atoms with van der Waals surface area (Å²) in [6, 6.07) is 11.4. The van der Waals surface area contributed by atoms with Crippen molar-refractivity contribution in [2.75, 3.05) is 53.0 Å². The van der Waals surface area contributed by atoms with Crippen molar-refractivity contribution in [2.24, 2.45) is 17.6 Å². The van der Waals surface area contributed by atoms with Gasteiger partial charge in [-0.1, -0.05) is 39.0 Å². The molecule has 0 aliphatic carbocycles. The lowest BCUT2D eigenvalue weighted by Crippen LogP contribution is -2.47. The van der Waals surface area contributed by atoms with Crippen molar-refractivity contribution < 1.29 is 19.1 Å². The fraction of sp³-hybridized carbons (Fsp3) is 0.552. The Morgan fingerprint density at radius 2 is 1.87 bits per heavy atom. The van der Waals surface area contributed by atoms with Gasteiger partial charge in [-0.25, -0.2) is 5.01 Å². The van der Waals surface area contributed by atoms with Crippen molar-refractivity contribution in [3.63, 3.8) is 0 Å². The first-order valence-corrected chi connectivity index (χ1v) is 13.4. The summed E-state index contributed by atoms with van der Waals surface area (Å²) in [5, 5.41) is 6.38. The average molecular weight is 524 g/mol. The van der Waals surface area contributed by atoms with E-state index < -0.39 is 0 Å². The third-order valence-corrected chi connectivity index (χ3v) is 7.05. The Balaban J connectivity index is 1.59. The number of carbonyl (C=O) groups excluding carboxylic acids is 2. The van der Waals surface area contributed by atoms with Crippen LogP contribution in [-0.4, -0.2) is 89.9 Å². The molecule has 1 atom stereocenters. The number of aromatic nitrogens is 1. The lowest BCUT2D eigenvalue weighted by Gasteiger charge is -2.32. The van der Waals surface area contributed by atoms with Gasteiger partial charge in [-0.2, -0.15) is 5.10 Å². The van der Waals surface area contributed by atoms with E-state index in [4.69, 9.17) is 14.6 Å². The summed E-state index contributed by atoms with van der Waals surface area (Å²) in [7, 11) is 3.61. The molecule has 9 nitrogen and oxygen atoms in total. The molecule has 38 heavy (non-hydrogen) atoms. The van der Waals surface area contributed by atoms with Gasteiger partial charge >= 0.3 is 0 Å². The number of aryl methyl sites for hydroxylation is 1. The molecular weight excluding hydrogens is 482 g/mol. The van der Waals surface area contributed by atoms with Crippen molar-refractivity contribution >= 4 is 17.5 Å². The first-order valence-electron chi connectivity index (χ1n) is 13.4. The molecule has 4 rings (SSSR count). The summed E-state index contributed by atoms with van der Waals surface area (Å²) in [6.45, 7) is 10.4. The molecule has 0 unspecified atom stereocenters. The first-order chi connectivity index (χ1) is 18.2. The van der Waals surface area contributed by atoms with E-state index in [0.29, 0.717) is 44.9 Å². The molecule has 0 spiro atoms. The van der Waals surface area contributed by atoms with Gasteiger partial charge < -0.3 is 18.9 Å². The van der Waals surface area contributed by atoms with Crippen molar-refractivity contribution in [1.82, 2.24) is 19.4 Å². The van der Waals surface area contributed by atoms with Crippen LogP contribution in [0.3, 0.4) is 0 Å². The fourth-order valence-corrected chi connectivity index (χ4v) is 5.02. The van der Waals surface area contributed by atoms with Gasteiger partial charge in [-0.05, 0) is 23.6 Å². The predicted molar refractivity (Wildman–Crippen MR) is 147 cm³/mol. The van der Waals surface area contributed by atoms with Gasteiger partial charge in [0.25, 0.3) is 5.91 Å². The molecule has 0 bridgehead atoms. The Morgan fingerprint density at radius 1 is 1.13 bits per heavy atom. The SMILES string of the molecule is COc1ccccc1[C@@H]1CC(c2cccn2C)=NN1C(=O)CN(CCN1CCOCC1)C(=O)CC(C)(C)C. The number of amides is 2. The molecule has 2 aliphatic rings. The zero-order valence-electron chi connectivity index (χ0n) is 23.4. The van der Waals surface area contributed by atoms with Crippen LogP contribution in [0.2, 0.25) is 0 Å². The smallest absolute Gasteiger partial charge is 0.262 e. The lowest BCUT2D eigenvalue weighted by atomic mass is 9.91. The molecule has 1 fully saturated rings. The minimum absolute atomic E-state index is 0.0150. The van der Waals surface area contributed by atoms with Crippen LogP contribution in [0.4, 0.5) is 0 Å². The van der Waals surface area contributed by atoms with Crippen molar-refractivity contribution in [3.05, 3.63) is 53.9 Å². The van der Waals surface area contributed by atoms with Gasteiger partial charge in [-0.3, -0.25) is 14.5 Å². The summed E-state index contributed by atoms with van der Waals surface area (Å²) >= 11 is 0. The lowest BCUT2D eigenvalue weighted by molar-refractivity contribution is -0.142. The summed E-state index contributed by atoms with van der Waals surface area (Å²) in [5.74, 6) is 0.500. The second kappa shape index (κ2) is 12.1. The Kier molecular flexibility index (Phi) is 8.89. The van der Waals surface area contributed by atoms with Gasteiger partial charge in [-0.15, -0.1) is 0 Å². The van der Waals surface area contributed by atoms with E-state index >= 15 is 0 Å². The number of hydrogen-bond acceptors (Lipinski definition) is 6. The minimum Gasteiger partial charge on any atom is -0.496 e. The number of methoxy groups -OCH3 is 1. The van der Waals surface area contributed by atoms with Crippen LogP contribution in [0.25, 0.3) is 0 Å². The first kappa shape index (κ1) is 27.9. The fourth-order valence-electron chi connectivity index (χ4n) is 5.02. The molecule has 1 aromatic heterocycles. The predicted octanol–water partition coefficient (Wildman–Crippen LogP) is 3.31. The molecule has 0 N–H and O–H groups in total. The van der Waals surface area contributed by atoms with E-state index in [2.05, 4.69) is 4.90 Å². The zero-order chi connectivity index (χ0) is 27.3. The number of hydrogen-bond donors (Lipinski definition) is 0. The molecule has 0 saturated carbocycles. The number of benzene rings is 1. The largest absolute Gasteiger partial charge is 0.496 e. The summed E-state index contributed by atoms with van der Waals surface area (Å²) in [6.07, 6.45) is 2.91. The van der Waals surface area contributed by atoms with Gasteiger partial charge in [0.15, 0.2) is 0 Å². The molecule has 2 aliphatic heterocycles. The normalized spacial score (nSPS) is 18.4. The highest BCUT2D eigenvalue weighted by Crippen LogP contribution is 2.37. The number of ether oxygens (including phenoxy) is 2. The van der Waals surface area contributed by atoms with Crippen molar-refractivity contribution in [3.8, 4) is 5.75 Å². The summed E-state index contributed by atoms with van der Waals surface area (Å²) in [5.41, 5.74) is 2.52. The number of carbonyl (C=O) groups is 2. The number of rotatable bonds is 9. The van der Waals surface area contributed by atoms with E-state index in [1.165, 1.54) is 0 Å². The quantitative estimate of drug-likeness (QED) is 0.504. The van der Waals surface area contributed by atoms with Crippen LogP contribution in [0, 0.1) is 5.41 Å². The van der Waals surface area contributed by atoms with Crippen LogP contribution < -0.4 is 4.74 Å². The monoisotopic (exact) mass is 523 g/mol. The molecule has 2 aromatic rings. The molecule has 1 aromatic carbocycles. The summed E-state index contributed by atoms with van der Waals surface area (Å²) in [4.78, 5) is 31.3. The maximum absolute atomic E-state index is 13.9. The maximum Gasteiger partial charge on any atom is 0.262 e. The van der Waals surface area contributed by atoms with E-state index in [9.17, 15) is 9.59 Å². The zero-order valence-corrected chi connectivity index (χ0v) is 23.4. The molecular formula is C29H41N5O4. The number of nitrogens with zero attached hydrogens (tertiary/aromatic N) is 5. The van der Waals surface area contributed by atoms with E-state index in [-0.39, 0.29) is 29.8 Å². The highest BCUT2D eigenvalue weighted by Gasteiger charge is 2.36. The van der Waals surface area contributed by atoms with Crippen LogP contribution in [0.15, 0.2) is 47.7 Å². The maximum atomic E-state index is 13.9. The highest BCUT2D eigenvalue weighted by molar-refractivity contribution is 6.02. The van der Waals surface area contributed by atoms with E-state index in [0.717, 1.165) is 30.1 Å². The molecule has 1 saturated heterocycles. The Labute approximate surface area is 226 Å². The molecule has 2 amide bonds. The Hall–Kier alpha value is -3.17. The molecule has 206 valence electrons.